The van der Waals surface area contributed by atoms with Gasteiger partial charge in [-0.25, -0.2) is 0 Å². The summed E-state index contributed by atoms with van der Waals surface area (Å²) in [5.41, 5.74) is 0.0218. The largest absolute Gasteiger partial charge is 0.388 e. The molecule has 1 aliphatic heterocycles. The number of aliphatic hydroxyl groups is 2. The first kappa shape index (κ1) is 13.8. The zero-order valence-corrected chi connectivity index (χ0v) is 11.3. The Morgan fingerprint density at radius 3 is 2.67 bits per heavy atom. The number of benzene rings is 1. The maximum Gasteiger partial charge on any atom is 0.260 e. The standard InChI is InChI=1S/C15H14N2O4/c1-8-12(18)13(19)15(21-8)17-5-4-10-3-2-9(7-16)6-11(10)14(17)20/h2-6,8,12-13,15,18-19H,1H3. The fourth-order valence-electron chi connectivity index (χ4n) is 2.58. The second-order valence-electron chi connectivity index (χ2n) is 5.15. The predicted octanol–water partition coefficient (Wildman–Crippen LogP) is 0.512. The highest BCUT2D eigenvalue weighted by molar-refractivity contribution is 5.82. The molecule has 0 saturated carbocycles. The first-order valence-electron chi connectivity index (χ1n) is 6.59. The Morgan fingerprint density at radius 2 is 2.05 bits per heavy atom. The lowest BCUT2D eigenvalue weighted by Crippen LogP contribution is -2.34. The molecule has 4 atom stereocenters. The van der Waals surface area contributed by atoms with Crippen LogP contribution in [-0.2, 0) is 4.74 Å². The van der Waals surface area contributed by atoms with E-state index >= 15 is 0 Å². The predicted molar refractivity (Wildman–Crippen MR) is 74.5 cm³/mol. The number of ether oxygens (including phenoxy) is 1. The number of rotatable bonds is 1. The monoisotopic (exact) mass is 286 g/mol. The van der Waals surface area contributed by atoms with Gasteiger partial charge < -0.3 is 14.9 Å². The van der Waals surface area contributed by atoms with Gasteiger partial charge in [-0.15, -0.1) is 0 Å². The van der Waals surface area contributed by atoms with E-state index in [9.17, 15) is 15.0 Å². The van der Waals surface area contributed by atoms with Gasteiger partial charge in [0.1, 0.15) is 12.2 Å². The van der Waals surface area contributed by atoms with Crippen molar-refractivity contribution in [3.63, 3.8) is 0 Å². The molecule has 1 aromatic carbocycles. The van der Waals surface area contributed by atoms with Crippen LogP contribution in [0.4, 0.5) is 0 Å². The molecule has 0 bridgehead atoms. The van der Waals surface area contributed by atoms with Crippen molar-refractivity contribution in [2.24, 2.45) is 0 Å². The van der Waals surface area contributed by atoms with E-state index < -0.39 is 24.5 Å². The molecule has 1 saturated heterocycles. The van der Waals surface area contributed by atoms with Crippen LogP contribution in [0.3, 0.4) is 0 Å². The summed E-state index contributed by atoms with van der Waals surface area (Å²) in [7, 11) is 0. The lowest BCUT2D eigenvalue weighted by Gasteiger charge is -2.18. The smallest absolute Gasteiger partial charge is 0.260 e. The molecule has 2 aromatic rings. The zero-order chi connectivity index (χ0) is 15.1. The summed E-state index contributed by atoms with van der Waals surface area (Å²) in [5, 5.41) is 29.7. The van der Waals surface area contributed by atoms with Crippen molar-refractivity contribution in [1.29, 1.82) is 5.26 Å². The van der Waals surface area contributed by atoms with Crippen LogP contribution in [0.5, 0.6) is 0 Å². The third-order valence-corrected chi connectivity index (χ3v) is 3.81. The first-order valence-corrected chi connectivity index (χ1v) is 6.59. The molecule has 108 valence electrons. The molecule has 2 heterocycles. The van der Waals surface area contributed by atoms with Crippen LogP contribution in [0.1, 0.15) is 18.7 Å². The highest BCUT2D eigenvalue weighted by Gasteiger charge is 2.41. The van der Waals surface area contributed by atoms with E-state index in [0.717, 1.165) is 0 Å². The number of fused-ring (bicyclic) bond motifs is 1. The van der Waals surface area contributed by atoms with Crippen LogP contribution >= 0.6 is 0 Å². The number of nitrogens with zero attached hydrogens (tertiary/aromatic N) is 2. The quantitative estimate of drug-likeness (QED) is 0.796. The Labute approximate surface area is 120 Å². The number of pyridine rings is 1. The molecule has 6 nitrogen and oxygen atoms in total. The summed E-state index contributed by atoms with van der Waals surface area (Å²) in [5.74, 6) is 0. The van der Waals surface area contributed by atoms with Gasteiger partial charge in [0, 0.05) is 11.6 Å². The maximum atomic E-state index is 12.5. The van der Waals surface area contributed by atoms with Crippen LogP contribution < -0.4 is 5.56 Å². The van der Waals surface area contributed by atoms with Crippen LogP contribution in [0.25, 0.3) is 10.8 Å². The van der Waals surface area contributed by atoms with E-state index in [2.05, 4.69) is 0 Å². The SMILES string of the molecule is CC1OC(n2ccc3ccc(C#N)cc3c2=O)C(O)C1O. The highest BCUT2D eigenvalue weighted by Crippen LogP contribution is 2.28. The van der Waals surface area contributed by atoms with Gasteiger partial charge in [0.2, 0.25) is 0 Å². The van der Waals surface area contributed by atoms with E-state index in [-0.39, 0.29) is 5.56 Å². The van der Waals surface area contributed by atoms with Gasteiger partial charge in [-0.05, 0) is 30.5 Å². The zero-order valence-electron chi connectivity index (χ0n) is 11.3. The number of hydrogen-bond acceptors (Lipinski definition) is 5. The number of hydrogen-bond donors (Lipinski definition) is 2. The Hall–Kier alpha value is -2.20. The van der Waals surface area contributed by atoms with Crippen molar-refractivity contribution in [2.45, 2.75) is 31.5 Å². The molecule has 6 heteroatoms. The molecule has 0 spiro atoms. The molecule has 21 heavy (non-hydrogen) atoms. The first-order chi connectivity index (χ1) is 10.0. The fraction of sp³-hybridized carbons (Fsp3) is 0.333. The maximum absolute atomic E-state index is 12.5. The summed E-state index contributed by atoms with van der Waals surface area (Å²) in [4.78, 5) is 12.5. The van der Waals surface area contributed by atoms with E-state index in [4.69, 9.17) is 10.00 Å². The summed E-state index contributed by atoms with van der Waals surface area (Å²) >= 11 is 0. The second-order valence-corrected chi connectivity index (χ2v) is 5.15. The summed E-state index contributed by atoms with van der Waals surface area (Å²) in [6, 6.07) is 8.55. The molecule has 4 unspecified atom stereocenters. The molecule has 2 N–H and O–H groups in total. The van der Waals surface area contributed by atoms with Crippen molar-refractivity contribution < 1.29 is 14.9 Å². The lowest BCUT2D eigenvalue weighted by molar-refractivity contribution is -0.0339. The van der Waals surface area contributed by atoms with Gasteiger partial charge in [0.05, 0.1) is 17.7 Å². The number of aliphatic hydroxyl groups excluding tert-OH is 2. The topological polar surface area (TPSA) is 95.5 Å². The Morgan fingerprint density at radius 1 is 1.29 bits per heavy atom. The van der Waals surface area contributed by atoms with Crippen molar-refractivity contribution in [3.8, 4) is 6.07 Å². The van der Waals surface area contributed by atoms with Crippen molar-refractivity contribution >= 4 is 10.8 Å². The van der Waals surface area contributed by atoms with Crippen molar-refractivity contribution in [2.75, 3.05) is 0 Å². The third kappa shape index (κ3) is 2.12. The third-order valence-electron chi connectivity index (χ3n) is 3.81. The fourth-order valence-corrected chi connectivity index (χ4v) is 2.58. The molecule has 0 aliphatic carbocycles. The minimum Gasteiger partial charge on any atom is -0.388 e. The van der Waals surface area contributed by atoms with Gasteiger partial charge in [-0.2, -0.15) is 5.26 Å². The molecular formula is C15H14N2O4. The van der Waals surface area contributed by atoms with Crippen LogP contribution in [0.2, 0.25) is 0 Å². The molecule has 1 aliphatic rings. The van der Waals surface area contributed by atoms with Crippen molar-refractivity contribution in [3.05, 3.63) is 46.4 Å². The van der Waals surface area contributed by atoms with E-state index in [0.29, 0.717) is 16.3 Å². The van der Waals surface area contributed by atoms with Gasteiger partial charge in [0.25, 0.3) is 5.56 Å². The Balaban J connectivity index is 2.15. The number of nitriles is 1. The normalized spacial score (nSPS) is 28.7. The van der Waals surface area contributed by atoms with Crippen LogP contribution in [0, 0.1) is 11.3 Å². The summed E-state index contributed by atoms with van der Waals surface area (Å²) < 4.78 is 6.71. The molecule has 0 amide bonds. The van der Waals surface area contributed by atoms with E-state index in [1.54, 1.807) is 25.1 Å². The number of aromatic nitrogens is 1. The van der Waals surface area contributed by atoms with E-state index in [1.165, 1.54) is 16.8 Å². The molecule has 3 rings (SSSR count). The molecular weight excluding hydrogens is 272 g/mol. The molecule has 1 aromatic heterocycles. The Kier molecular flexibility index (Phi) is 3.26. The summed E-state index contributed by atoms with van der Waals surface area (Å²) in [6.07, 6.45) is -2.18. The van der Waals surface area contributed by atoms with Crippen molar-refractivity contribution in [1.82, 2.24) is 4.57 Å². The highest BCUT2D eigenvalue weighted by atomic mass is 16.6. The van der Waals surface area contributed by atoms with E-state index in [1.807, 2.05) is 6.07 Å². The van der Waals surface area contributed by atoms with Crippen LogP contribution in [-0.4, -0.2) is 33.1 Å². The van der Waals surface area contributed by atoms with Gasteiger partial charge in [0.15, 0.2) is 6.23 Å². The molecule has 1 fully saturated rings. The minimum absolute atomic E-state index is 0.366. The minimum atomic E-state index is -1.17. The second kappa shape index (κ2) is 4.97. The Bertz CT molecular complexity index is 792. The van der Waals surface area contributed by atoms with Gasteiger partial charge >= 0.3 is 0 Å². The average molecular weight is 286 g/mol. The lowest BCUT2D eigenvalue weighted by atomic mass is 10.1. The summed E-state index contributed by atoms with van der Waals surface area (Å²) in [6.45, 7) is 1.63. The average Bonchev–Trinajstić information content (AvgIpc) is 2.75. The van der Waals surface area contributed by atoms with Gasteiger partial charge in [-0.1, -0.05) is 6.07 Å². The molecule has 0 radical (unpaired) electrons. The van der Waals surface area contributed by atoms with Crippen LogP contribution in [0.15, 0.2) is 35.3 Å². The van der Waals surface area contributed by atoms with Gasteiger partial charge in [-0.3, -0.25) is 9.36 Å².